The van der Waals surface area contributed by atoms with Crippen LogP contribution in [0.3, 0.4) is 0 Å². The average Bonchev–Trinajstić information content (AvgIpc) is 2.71. The predicted molar refractivity (Wildman–Crippen MR) is 53.1 cm³/mol. The first-order chi connectivity index (χ1) is 6.81. The van der Waals surface area contributed by atoms with Crippen LogP contribution in [0.4, 0.5) is 0 Å². The zero-order chi connectivity index (χ0) is 9.97. The Morgan fingerprint density at radius 2 is 2.29 bits per heavy atom. The number of nitrogens with zero attached hydrogens (tertiary/aromatic N) is 2. The number of aromatic hydroxyl groups is 1. The van der Waals surface area contributed by atoms with E-state index < -0.39 is 0 Å². The average molecular weight is 189 g/mol. The van der Waals surface area contributed by atoms with Crippen LogP contribution in [0.5, 0.6) is 5.75 Å². The molecule has 1 aromatic carbocycles. The lowest BCUT2D eigenvalue weighted by molar-refractivity contribution is 0.470. The fourth-order valence-electron chi connectivity index (χ4n) is 1.29. The highest BCUT2D eigenvalue weighted by Crippen LogP contribution is 2.21. The molecule has 0 aliphatic carbocycles. The fourth-order valence-corrected chi connectivity index (χ4v) is 1.29. The Bertz CT molecular complexity index is 423. The lowest BCUT2D eigenvalue weighted by Crippen LogP contribution is -2.00. The molecule has 1 heterocycles. The van der Waals surface area contributed by atoms with Gasteiger partial charge in [0.1, 0.15) is 11.4 Å². The number of hydrogen-bond donors (Lipinski definition) is 2. The Kier molecular flexibility index (Phi) is 2.20. The number of rotatable bonds is 2. The molecule has 0 bridgehead atoms. The smallest absolute Gasteiger partial charge is 0.141 e. The summed E-state index contributed by atoms with van der Waals surface area (Å²) in [5.74, 6) is 0.200. The van der Waals surface area contributed by atoms with Gasteiger partial charge in [-0.05, 0) is 23.8 Å². The molecule has 0 radical (unpaired) electrons. The van der Waals surface area contributed by atoms with Crippen LogP contribution in [0.2, 0.25) is 0 Å². The highest BCUT2D eigenvalue weighted by Gasteiger charge is 2.03. The van der Waals surface area contributed by atoms with E-state index >= 15 is 0 Å². The maximum atomic E-state index is 9.60. The van der Waals surface area contributed by atoms with Crippen molar-refractivity contribution in [3.05, 3.63) is 42.2 Å². The minimum atomic E-state index is 0.200. The summed E-state index contributed by atoms with van der Waals surface area (Å²) in [7, 11) is 0. The van der Waals surface area contributed by atoms with Crippen molar-refractivity contribution in [3.63, 3.8) is 0 Å². The van der Waals surface area contributed by atoms with E-state index in [1.165, 1.54) is 0 Å². The molecule has 3 N–H and O–H groups in total. The van der Waals surface area contributed by atoms with E-state index in [-0.39, 0.29) is 5.75 Å². The molecule has 4 heteroatoms. The van der Waals surface area contributed by atoms with E-state index in [2.05, 4.69) is 5.10 Å². The van der Waals surface area contributed by atoms with Gasteiger partial charge in [0, 0.05) is 18.9 Å². The standard InChI is InChI=1S/C10H11N3O/c11-7-8-2-3-10(14)9(6-8)13-5-1-4-12-13/h1-6,14H,7,11H2. The van der Waals surface area contributed by atoms with Crippen molar-refractivity contribution in [2.24, 2.45) is 5.73 Å². The summed E-state index contributed by atoms with van der Waals surface area (Å²) in [5, 5.41) is 13.6. The molecule has 0 saturated carbocycles. The minimum Gasteiger partial charge on any atom is -0.506 e. The number of benzene rings is 1. The number of nitrogens with two attached hydrogens (primary N) is 1. The normalized spacial score (nSPS) is 10.4. The van der Waals surface area contributed by atoms with Crippen molar-refractivity contribution in [3.8, 4) is 11.4 Å². The summed E-state index contributed by atoms with van der Waals surface area (Å²) in [4.78, 5) is 0. The third-order valence-corrected chi connectivity index (χ3v) is 2.03. The lowest BCUT2D eigenvalue weighted by Gasteiger charge is -2.06. The highest BCUT2D eigenvalue weighted by atomic mass is 16.3. The number of phenols is 1. The van der Waals surface area contributed by atoms with Gasteiger partial charge in [0.05, 0.1) is 0 Å². The molecule has 4 nitrogen and oxygen atoms in total. The molecular formula is C10H11N3O. The van der Waals surface area contributed by atoms with Crippen LogP contribution in [-0.4, -0.2) is 14.9 Å². The minimum absolute atomic E-state index is 0.200. The molecule has 0 spiro atoms. The maximum absolute atomic E-state index is 9.60. The molecule has 0 aliphatic heterocycles. The van der Waals surface area contributed by atoms with Crippen molar-refractivity contribution in [2.75, 3.05) is 0 Å². The molecule has 0 atom stereocenters. The van der Waals surface area contributed by atoms with E-state index in [1.807, 2.05) is 6.07 Å². The molecule has 0 unspecified atom stereocenters. The molecule has 1 aromatic heterocycles. The van der Waals surface area contributed by atoms with Crippen molar-refractivity contribution in [1.29, 1.82) is 0 Å². The first kappa shape index (κ1) is 8.77. The van der Waals surface area contributed by atoms with Gasteiger partial charge in [-0.1, -0.05) is 6.07 Å². The van der Waals surface area contributed by atoms with Crippen LogP contribution < -0.4 is 5.73 Å². The van der Waals surface area contributed by atoms with Crippen molar-refractivity contribution >= 4 is 0 Å². The van der Waals surface area contributed by atoms with E-state index in [0.29, 0.717) is 12.2 Å². The van der Waals surface area contributed by atoms with E-state index in [4.69, 9.17) is 5.73 Å². The number of aromatic nitrogens is 2. The summed E-state index contributed by atoms with van der Waals surface area (Å²) in [5.41, 5.74) is 7.13. The number of hydrogen-bond acceptors (Lipinski definition) is 3. The van der Waals surface area contributed by atoms with E-state index in [1.54, 1.807) is 35.3 Å². The van der Waals surface area contributed by atoms with Crippen LogP contribution in [-0.2, 0) is 6.54 Å². The van der Waals surface area contributed by atoms with Crippen molar-refractivity contribution in [1.82, 2.24) is 9.78 Å². The lowest BCUT2D eigenvalue weighted by atomic mass is 10.2. The Balaban J connectivity index is 2.51. The zero-order valence-corrected chi connectivity index (χ0v) is 7.59. The molecule has 0 saturated heterocycles. The van der Waals surface area contributed by atoms with Crippen molar-refractivity contribution in [2.45, 2.75) is 6.54 Å². The highest BCUT2D eigenvalue weighted by molar-refractivity contribution is 5.47. The van der Waals surface area contributed by atoms with Gasteiger partial charge in [0.25, 0.3) is 0 Å². The van der Waals surface area contributed by atoms with E-state index in [0.717, 1.165) is 5.56 Å². The molecule has 0 aliphatic rings. The topological polar surface area (TPSA) is 64.1 Å². The quantitative estimate of drug-likeness (QED) is 0.741. The summed E-state index contributed by atoms with van der Waals surface area (Å²) < 4.78 is 1.61. The molecule has 2 aromatic rings. The second-order valence-corrected chi connectivity index (χ2v) is 2.98. The molecule has 14 heavy (non-hydrogen) atoms. The molecule has 2 rings (SSSR count). The Morgan fingerprint density at radius 3 is 2.93 bits per heavy atom. The summed E-state index contributed by atoms with van der Waals surface area (Å²) >= 11 is 0. The van der Waals surface area contributed by atoms with Crippen LogP contribution in [0.15, 0.2) is 36.7 Å². The largest absolute Gasteiger partial charge is 0.506 e. The van der Waals surface area contributed by atoms with Crippen LogP contribution in [0.25, 0.3) is 5.69 Å². The van der Waals surface area contributed by atoms with Gasteiger partial charge >= 0.3 is 0 Å². The first-order valence-electron chi connectivity index (χ1n) is 4.33. The van der Waals surface area contributed by atoms with Gasteiger partial charge in [0.2, 0.25) is 0 Å². The first-order valence-corrected chi connectivity index (χ1v) is 4.33. The van der Waals surface area contributed by atoms with Gasteiger partial charge in [0.15, 0.2) is 0 Å². The van der Waals surface area contributed by atoms with Crippen LogP contribution in [0.1, 0.15) is 5.56 Å². The summed E-state index contributed by atoms with van der Waals surface area (Å²) in [6, 6.07) is 7.04. The van der Waals surface area contributed by atoms with Crippen LogP contribution >= 0.6 is 0 Å². The Morgan fingerprint density at radius 1 is 1.43 bits per heavy atom. The summed E-state index contributed by atoms with van der Waals surface area (Å²) in [6.07, 6.45) is 3.43. The number of phenolic OH excluding ortho intramolecular Hbond substituents is 1. The maximum Gasteiger partial charge on any atom is 0.141 e. The molecule has 0 amide bonds. The third-order valence-electron chi connectivity index (χ3n) is 2.03. The third kappa shape index (κ3) is 1.47. The van der Waals surface area contributed by atoms with Gasteiger partial charge < -0.3 is 10.8 Å². The second-order valence-electron chi connectivity index (χ2n) is 2.98. The van der Waals surface area contributed by atoms with Crippen molar-refractivity contribution < 1.29 is 5.11 Å². The summed E-state index contributed by atoms with van der Waals surface area (Å²) in [6.45, 7) is 0.453. The molecule has 0 fully saturated rings. The molecule has 72 valence electrons. The fraction of sp³-hybridized carbons (Fsp3) is 0.100. The predicted octanol–water partition coefficient (Wildman–Crippen LogP) is 1.04. The molecular weight excluding hydrogens is 178 g/mol. The monoisotopic (exact) mass is 189 g/mol. The van der Waals surface area contributed by atoms with Gasteiger partial charge in [-0.15, -0.1) is 0 Å². The van der Waals surface area contributed by atoms with E-state index in [9.17, 15) is 5.11 Å². The van der Waals surface area contributed by atoms with Gasteiger partial charge in [-0.3, -0.25) is 0 Å². The Labute approximate surface area is 81.6 Å². The van der Waals surface area contributed by atoms with Gasteiger partial charge in [-0.25, -0.2) is 4.68 Å². The SMILES string of the molecule is NCc1ccc(O)c(-n2cccn2)c1. The zero-order valence-electron chi connectivity index (χ0n) is 7.59. The van der Waals surface area contributed by atoms with Gasteiger partial charge in [-0.2, -0.15) is 5.10 Å². The van der Waals surface area contributed by atoms with Crippen LogP contribution in [0, 0.1) is 0 Å². The Hall–Kier alpha value is -1.81. The second kappa shape index (κ2) is 3.51.